The molecule has 2 unspecified atom stereocenters. The van der Waals surface area contributed by atoms with E-state index in [4.69, 9.17) is 16.3 Å². The van der Waals surface area contributed by atoms with Crippen LogP contribution in [0.5, 0.6) is 0 Å². The van der Waals surface area contributed by atoms with Crippen LogP contribution in [-0.4, -0.2) is 16.8 Å². The van der Waals surface area contributed by atoms with Gasteiger partial charge in [-0.15, -0.1) is 0 Å². The summed E-state index contributed by atoms with van der Waals surface area (Å²) < 4.78 is 17.9. The van der Waals surface area contributed by atoms with Gasteiger partial charge in [0.05, 0.1) is 27.3 Å². The highest BCUT2D eigenvalue weighted by Gasteiger charge is 2.30. The van der Waals surface area contributed by atoms with E-state index in [-0.39, 0.29) is 6.61 Å². The third kappa shape index (κ3) is 3.71. The van der Waals surface area contributed by atoms with Gasteiger partial charge in [0.1, 0.15) is 0 Å². The largest absolute Gasteiger partial charge is 0.465 e. The van der Waals surface area contributed by atoms with Crippen molar-refractivity contribution in [2.45, 2.75) is 17.1 Å². The van der Waals surface area contributed by atoms with E-state index in [9.17, 15) is 9.00 Å². The van der Waals surface area contributed by atoms with Gasteiger partial charge in [-0.2, -0.15) is 0 Å². The van der Waals surface area contributed by atoms with Crippen LogP contribution in [0.2, 0.25) is 5.02 Å². The lowest BCUT2D eigenvalue weighted by Gasteiger charge is -2.16. The zero-order valence-electron chi connectivity index (χ0n) is 11.5. The predicted octanol–water partition coefficient (Wildman–Crippen LogP) is 3.75. The van der Waals surface area contributed by atoms with Crippen LogP contribution in [0.4, 0.5) is 0 Å². The normalized spacial score (nSPS) is 13.4. The van der Waals surface area contributed by atoms with E-state index < -0.39 is 22.0 Å². The topological polar surface area (TPSA) is 43.4 Å². The van der Waals surface area contributed by atoms with Crippen LogP contribution >= 0.6 is 11.6 Å². The molecule has 0 fully saturated rings. The zero-order chi connectivity index (χ0) is 15.2. The number of rotatable bonds is 5. The van der Waals surface area contributed by atoms with E-state index >= 15 is 0 Å². The maximum absolute atomic E-state index is 12.8. The molecule has 0 aromatic heterocycles. The summed E-state index contributed by atoms with van der Waals surface area (Å²) in [6, 6.07) is 15.8. The van der Waals surface area contributed by atoms with Gasteiger partial charge in [0.2, 0.25) is 0 Å². The quantitative estimate of drug-likeness (QED) is 0.787. The molecule has 2 atom stereocenters. The van der Waals surface area contributed by atoms with Crippen LogP contribution < -0.4 is 0 Å². The van der Waals surface area contributed by atoms with Crippen molar-refractivity contribution in [1.82, 2.24) is 0 Å². The van der Waals surface area contributed by atoms with Crippen LogP contribution in [0, 0.1) is 0 Å². The number of carbonyl (C=O) groups excluding carboxylic acids is 1. The van der Waals surface area contributed by atoms with Crippen molar-refractivity contribution in [3.63, 3.8) is 0 Å². The summed E-state index contributed by atoms with van der Waals surface area (Å²) in [7, 11) is -1.62. The Balaban J connectivity index is 2.43. The molecular formula is C16H15ClO3S. The molecule has 2 aromatic carbocycles. The minimum Gasteiger partial charge on any atom is -0.465 e. The molecule has 0 aliphatic carbocycles. The van der Waals surface area contributed by atoms with Crippen LogP contribution in [0.1, 0.15) is 17.7 Å². The maximum atomic E-state index is 12.8. The van der Waals surface area contributed by atoms with E-state index in [2.05, 4.69) is 0 Å². The average Bonchev–Trinajstić information content (AvgIpc) is 2.49. The first kappa shape index (κ1) is 15.7. The lowest BCUT2D eigenvalue weighted by Crippen LogP contribution is -2.20. The molecular weight excluding hydrogens is 308 g/mol. The van der Waals surface area contributed by atoms with Gasteiger partial charge in [-0.25, -0.2) is 0 Å². The molecule has 2 rings (SSSR count). The number of ether oxygens (including phenoxy) is 1. The Bertz CT molecular complexity index is 643. The summed E-state index contributed by atoms with van der Waals surface area (Å²) in [5, 5.41) is -0.507. The molecule has 0 radical (unpaired) electrons. The molecule has 0 N–H and O–H groups in total. The molecule has 0 spiro atoms. The fourth-order valence-electron chi connectivity index (χ4n) is 1.93. The van der Waals surface area contributed by atoms with Gasteiger partial charge < -0.3 is 4.74 Å². The summed E-state index contributed by atoms with van der Waals surface area (Å²) in [4.78, 5) is 12.6. The van der Waals surface area contributed by atoms with Crippen molar-refractivity contribution in [1.29, 1.82) is 0 Å². The van der Waals surface area contributed by atoms with Crippen LogP contribution in [0.15, 0.2) is 59.5 Å². The van der Waals surface area contributed by atoms with E-state index in [1.807, 2.05) is 6.07 Å². The minimum absolute atomic E-state index is 0.238. The van der Waals surface area contributed by atoms with Gasteiger partial charge in [0.15, 0.2) is 5.25 Å². The smallest absolute Gasteiger partial charge is 0.326 e. The summed E-state index contributed by atoms with van der Waals surface area (Å²) in [6.45, 7) is 1.96. The average molecular weight is 323 g/mol. The molecule has 0 bridgehead atoms. The molecule has 21 heavy (non-hydrogen) atoms. The van der Waals surface area contributed by atoms with Crippen LogP contribution in [0.3, 0.4) is 0 Å². The standard InChI is InChI=1S/C16H15ClO3S/c1-2-20-16(18)15(12-8-4-3-5-9-12)21(19)14-11-7-6-10-13(14)17/h3-11,15H,2H2,1H3. The van der Waals surface area contributed by atoms with Gasteiger partial charge in [-0.3, -0.25) is 9.00 Å². The predicted molar refractivity (Wildman–Crippen MR) is 83.7 cm³/mol. The second-order valence-corrected chi connectivity index (χ2v) is 6.18. The molecule has 5 heteroatoms. The first-order valence-corrected chi connectivity index (χ1v) is 8.11. The lowest BCUT2D eigenvalue weighted by atomic mass is 10.1. The summed E-state index contributed by atoms with van der Waals surface area (Å²) in [5.41, 5.74) is 0.647. The highest BCUT2D eigenvalue weighted by Crippen LogP contribution is 2.30. The highest BCUT2D eigenvalue weighted by atomic mass is 35.5. The number of hydrogen-bond acceptors (Lipinski definition) is 3. The van der Waals surface area contributed by atoms with Crippen molar-refractivity contribution >= 4 is 28.4 Å². The Morgan fingerprint density at radius 1 is 1.14 bits per heavy atom. The van der Waals surface area contributed by atoms with Gasteiger partial charge in [0.25, 0.3) is 0 Å². The van der Waals surface area contributed by atoms with Crippen molar-refractivity contribution < 1.29 is 13.7 Å². The molecule has 110 valence electrons. The molecule has 0 saturated carbocycles. The highest BCUT2D eigenvalue weighted by molar-refractivity contribution is 7.86. The van der Waals surface area contributed by atoms with E-state index in [0.717, 1.165) is 0 Å². The summed E-state index contributed by atoms with van der Waals surface area (Å²) in [5.74, 6) is -0.512. The van der Waals surface area contributed by atoms with Gasteiger partial charge >= 0.3 is 5.97 Å². The second kappa shape index (κ2) is 7.38. The van der Waals surface area contributed by atoms with Crippen molar-refractivity contribution in [3.8, 4) is 0 Å². The molecule has 0 heterocycles. The van der Waals surface area contributed by atoms with E-state index in [1.165, 1.54) is 0 Å². The number of carbonyl (C=O) groups is 1. The lowest BCUT2D eigenvalue weighted by molar-refractivity contribution is -0.142. The molecule has 0 aliphatic rings. The van der Waals surface area contributed by atoms with E-state index in [1.54, 1.807) is 55.5 Å². The van der Waals surface area contributed by atoms with Gasteiger partial charge in [-0.05, 0) is 24.6 Å². The van der Waals surface area contributed by atoms with Crippen LogP contribution in [0.25, 0.3) is 0 Å². The molecule has 3 nitrogen and oxygen atoms in total. The van der Waals surface area contributed by atoms with Crippen LogP contribution in [-0.2, 0) is 20.3 Å². The number of esters is 1. The third-order valence-corrected chi connectivity index (χ3v) is 4.99. The van der Waals surface area contributed by atoms with E-state index in [0.29, 0.717) is 15.5 Å². The third-order valence-electron chi connectivity index (χ3n) is 2.87. The molecule has 0 amide bonds. The zero-order valence-corrected chi connectivity index (χ0v) is 13.1. The number of halogens is 1. The Morgan fingerprint density at radius 2 is 1.76 bits per heavy atom. The fraction of sp³-hybridized carbons (Fsp3) is 0.188. The first-order valence-electron chi connectivity index (χ1n) is 6.51. The summed E-state index contributed by atoms with van der Waals surface area (Å²) >= 11 is 6.09. The number of hydrogen-bond donors (Lipinski definition) is 0. The number of benzene rings is 2. The first-order chi connectivity index (χ1) is 10.1. The SMILES string of the molecule is CCOC(=O)C(c1ccccc1)S(=O)c1ccccc1Cl. The van der Waals surface area contributed by atoms with Gasteiger partial charge in [0, 0.05) is 0 Å². The van der Waals surface area contributed by atoms with Crippen molar-refractivity contribution in [3.05, 3.63) is 65.2 Å². The minimum atomic E-state index is -1.62. The fourth-order valence-corrected chi connectivity index (χ4v) is 3.67. The Labute approximate surface area is 131 Å². The molecule has 0 saturated heterocycles. The maximum Gasteiger partial charge on any atom is 0.326 e. The Morgan fingerprint density at radius 3 is 2.38 bits per heavy atom. The van der Waals surface area contributed by atoms with Crippen molar-refractivity contribution in [2.24, 2.45) is 0 Å². The Kier molecular flexibility index (Phi) is 5.53. The van der Waals surface area contributed by atoms with Crippen molar-refractivity contribution in [2.75, 3.05) is 6.61 Å². The monoisotopic (exact) mass is 322 g/mol. The summed E-state index contributed by atoms with van der Waals surface area (Å²) in [6.07, 6.45) is 0. The van der Waals surface area contributed by atoms with Gasteiger partial charge in [-0.1, -0.05) is 54.1 Å². The second-order valence-electron chi connectivity index (χ2n) is 4.27. The molecule has 2 aromatic rings. The molecule has 0 aliphatic heterocycles. The Hall–Kier alpha value is -1.65.